The van der Waals surface area contributed by atoms with Crippen molar-refractivity contribution in [3.05, 3.63) is 77.0 Å². The third-order valence-corrected chi connectivity index (χ3v) is 4.97. The average Bonchev–Trinajstić information content (AvgIpc) is 3.37. The van der Waals surface area contributed by atoms with Crippen LogP contribution in [0.5, 0.6) is 0 Å². The summed E-state index contributed by atoms with van der Waals surface area (Å²) in [6.07, 6.45) is 4.40. The van der Waals surface area contributed by atoms with Gasteiger partial charge in [-0.25, -0.2) is 4.99 Å². The molecule has 0 spiro atoms. The molecule has 0 aliphatic rings. The second kappa shape index (κ2) is 10.5. The second-order valence-corrected chi connectivity index (χ2v) is 6.96. The number of hydrogen-bond acceptors (Lipinski definition) is 3. The highest BCUT2D eigenvalue weighted by molar-refractivity contribution is 5.79. The van der Waals surface area contributed by atoms with Crippen molar-refractivity contribution in [2.75, 3.05) is 6.54 Å². The molecule has 2 aromatic heterocycles. The Morgan fingerprint density at radius 2 is 1.90 bits per heavy atom. The topological polar surface area (TPSA) is 67.4 Å². The number of benzene rings is 1. The zero-order valence-corrected chi connectivity index (χ0v) is 17.6. The van der Waals surface area contributed by atoms with E-state index in [0.717, 1.165) is 43.2 Å². The predicted octanol–water partition coefficient (Wildman–Crippen LogP) is 3.62. The summed E-state index contributed by atoms with van der Waals surface area (Å²) >= 11 is 0. The van der Waals surface area contributed by atoms with Crippen LogP contribution in [-0.2, 0) is 39.4 Å². The Bertz CT molecular complexity index is 897. The quantitative estimate of drug-likeness (QED) is 0.430. The second-order valence-electron chi connectivity index (χ2n) is 6.96. The predicted molar refractivity (Wildman–Crippen MR) is 117 cm³/mol. The van der Waals surface area contributed by atoms with Gasteiger partial charge in [0, 0.05) is 37.8 Å². The highest BCUT2D eigenvalue weighted by atomic mass is 16.3. The van der Waals surface area contributed by atoms with E-state index in [2.05, 4.69) is 41.7 Å². The number of furan rings is 1. The van der Waals surface area contributed by atoms with Crippen molar-refractivity contribution in [2.24, 2.45) is 12.0 Å². The van der Waals surface area contributed by atoms with Gasteiger partial charge in [0.2, 0.25) is 0 Å². The van der Waals surface area contributed by atoms with E-state index >= 15 is 0 Å². The van der Waals surface area contributed by atoms with Gasteiger partial charge < -0.3 is 15.1 Å². The minimum Gasteiger partial charge on any atom is -0.469 e. The third kappa shape index (κ3) is 5.73. The standard InChI is InChI=1S/C23H31N5O/c1-4-21-20(22(5-2)28(3)27-21)17-26-23(24-14-13-19-12-9-15-29-19)25-16-18-10-7-6-8-11-18/h6-12,15H,4-5,13-14,16-17H2,1-3H3,(H2,24,25,26). The number of nitrogens with zero attached hydrogens (tertiary/aromatic N) is 3. The lowest BCUT2D eigenvalue weighted by atomic mass is 10.1. The van der Waals surface area contributed by atoms with Crippen LogP contribution in [0.25, 0.3) is 0 Å². The van der Waals surface area contributed by atoms with Crippen LogP contribution in [0.4, 0.5) is 0 Å². The Kier molecular flexibility index (Phi) is 7.50. The maximum atomic E-state index is 5.43. The number of aryl methyl sites for hydroxylation is 2. The van der Waals surface area contributed by atoms with Crippen LogP contribution in [0.1, 0.15) is 42.1 Å². The van der Waals surface area contributed by atoms with Crippen molar-refractivity contribution < 1.29 is 4.42 Å². The molecule has 0 radical (unpaired) electrons. The van der Waals surface area contributed by atoms with Gasteiger partial charge in [0.15, 0.2) is 5.96 Å². The van der Waals surface area contributed by atoms with Crippen LogP contribution in [0, 0.1) is 0 Å². The first-order chi connectivity index (χ1) is 14.2. The Morgan fingerprint density at radius 1 is 1.07 bits per heavy atom. The van der Waals surface area contributed by atoms with Crippen molar-refractivity contribution in [1.82, 2.24) is 20.4 Å². The maximum Gasteiger partial charge on any atom is 0.191 e. The van der Waals surface area contributed by atoms with Crippen molar-refractivity contribution in [2.45, 2.75) is 46.2 Å². The van der Waals surface area contributed by atoms with Crippen molar-refractivity contribution in [3.8, 4) is 0 Å². The summed E-state index contributed by atoms with van der Waals surface area (Å²) in [7, 11) is 2.02. The number of rotatable bonds is 9. The largest absolute Gasteiger partial charge is 0.469 e. The first kappa shape index (κ1) is 20.7. The number of aliphatic imine (C=N–C) groups is 1. The summed E-state index contributed by atoms with van der Waals surface area (Å²) < 4.78 is 7.43. The van der Waals surface area contributed by atoms with Crippen molar-refractivity contribution >= 4 is 5.96 Å². The molecule has 0 bridgehead atoms. The van der Waals surface area contributed by atoms with E-state index in [1.54, 1.807) is 6.26 Å². The summed E-state index contributed by atoms with van der Waals surface area (Å²) in [5.74, 6) is 1.77. The normalized spacial score (nSPS) is 11.6. The Balaban J connectivity index is 1.68. The minimum absolute atomic E-state index is 0.630. The van der Waals surface area contributed by atoms with E-state index in [0.29, 0.717) is 13.1 Å². The molecule has 2 heterocycles. The Hall–Kier alpha value is -3.02. The monoisotopic (exact) mass is 393 g/mol. The van der Waals surface area contributed by atoms with Gasteiger partial charge in [-0.15, -0.1) is 0 Å². The summed E-state index contributed by atoms with van der Waals surface area (Å²) in [5.41, 5.74) is 4.88. The van der Waals surface area contributed by atoms with Gasteiger partial charge in [0.05, 0.1) is 18.5 Å². The molecular formula is C23H31N5O. The smallest absolute Gasteiger partial charge is 0.191 e. The molecule has 154 valence electrons. The third-order valence-electron chi connectivity index (χ3n) is 4.97. The van der Waals surface area contributed by atoms with Gasteiger partial charge in [-0.05, 0) is 30.5 Å². The van der Waals surface area contributed by atoms with E-state index in [9.17, 15) is 0 Å². The molecule has 1 aromatic carbocycles. The molecule has 0 saturated heterocycles. The van der Waals surface area contributed by atoms with E-state index in [-0.39, 0.29) is 0 Å². The fraction of sp³-hybridized carbons (Fsp3) is 0.391. The van der Waals surface area contributed by atoms with E-state index < -0.39 is 0 Å². The lowest BCUT2D eigenvalue weighted by Crippen LogP contribution is -2.38. The molecule has 0 unspecified atom stereocenters. The SMILES string of the molecule is CCc1nn(C)c(CC)c1CNC(=NCc1ccccc1)NCCc1ccco1. The van der Waals surface area contributed by atoms with Gasteiger partial charge in [-0.2, -0.15) is 5.10 Å². The van der Waals surface area contributed by atoms with E-state index in [4.69, 9.17) is 9.41 Å². The fourth-order valence-electron chi connectivity index (χ4n) is 3.45. The number of nitrogens with one attached hydrogen (secondary N) is 2. The number of hydrogen-bond donors (Lipinski definition) is 2. The maximum absolute atomic E-state index is 5.43. The van der Waals surface area contributed by atoms with Gasteiger partial charge in [0.1, 0.15) is 5.76 Å². The van der Waals surface area contributed by atoms with Crippen LogP contribution in [0.15, 0.2) is 58.1 Å². The molecule has 0 atom stereocenters. The van der Waals surface area contributed by atoms with Crippen LogP contribution in [-0.4, -0.2) is 22.3 Å². The zero-order valence-electron chi connectivity index (χ0n) is 17.6. The summed E-state index contributed by atoms with van der Waals surface area (Å²) in [6.45, 7) is 6.42. The molecule has 3 rings (SSSR count). The summed E-state index contributed by atoms with van der Waals surface area (Å²) in [6, 6.07) is 14.2. The molecular weight excluding hydrogens is 362 g/mol. The number of guanidine groups is 1. The van der Waals surface area contributed by atoms with Crippen LogP contribution >= 0.6 is 0 Å². The van der Waals surface area contributed by atoms with Crippen molar-refractivity contribution in [3.63, 3.8) is 0 Å². The molecule has 0 amide bonds. The van der Waals surface area contributed by atoms with Crippen LogP contribution in [0.3, 0.4) is 0 Å². The molecule has 2 N–H and O–H groups in total. The minimum atomic E-state index is 0.630. The summed E-state index contributed by atoms with van der Waals surface area (Å²) in [4.78, 5) is 4.78. The van der Waals surface area contributed by atoms with E-state index in [1.165, 1.54) is 16.8 Å². The molecule has 29 heavy (non-hydrogen) atoms. The highest BCUT2D eigenvalue weighted by Crippen LogP contribution is 2.15. The van der Waals surface area contributed by atoms with E-state index in [1.807, 2.05) is 42.1 Å². The lowest BCUT2D eigenvalue weighted by molar-refractivity contribution is 0.506. The molecule has 0 aliphatic carbocycles. The molecule has 0 fully saturated rings. The molecule has 3 aromatic rings. The first-order valence-corrected chi connectivity index (χ1v) is 10.3. The van der Waals surface area contributed by atoms with Gasteiger partial charge in [-0.3, -0.25) is 4.68 Å². The Labute approximate surface area is 173 Å². The lowest BCUT2D eigenvalue weighted by Gasteiger charge is -2.13. The molecule has 6 heteroatoms. The highest BCUT2D eigenvalue weighted by Gasteiger charge is 2.14. The van der Waals surface area contributed by atoms with Gasteiger partial charge >= 0.3 is 0 Å². The van der Waals surface area contributed by atoms with Gasteiger partial charge in [-0.1, -0.05) is 44.2 Å². The number of aromatic nitrogens is 2. The van der Waals surface area contributed by atoms with Crippen molar-refractivity contribution in [1.29, 1.82) is 0 Å². The van der Waals surface area contributed by atoms with Crippen LogP contribution < -0.4 is 10.6 Å². The zero-order chi connectivity index (χ0) is 20.5. The summed E-state index contributed by atoms with van der Waals surface area (Å²) in [5, 5.41) is 11.6. The average molecular weight is 394 g/mol. The Morgan fingerprint density at radius 3 is 2.59 bits per heavy atom. The first-order valence-electron chi connectivity index (χ1n) is 10.3. The molecule has 0 saturated carbocycles. The van der Waals surface area contributed by atoms with Crippen LogP contribution in [0.2, 0.25) is 0 Å². The fourth-order valence-corrected chi connectivity index (χ4v) is 3.45. The van der Waals surface area contributed by atoms with Gasteiger partial charge in [0.25, 0.3) is 0 Å². The molecule has 6 nitrogen and oxygen atoms in total. The molecule has 0 aliphatic heterocycles.